The van der Waals surface area contributed by atoms with Gasteiger partial charge in [-0.2, -0.15) is 0 Å². The molecule has 0 aromatic carbocycles. The molecule has 0 rings (SSSR count). The molecule has 0 saturated carbocycles. The van der Waals surface area contributed by atoms with Gasteiger partial charge in [-0.15, -0.1) is 0 Å². The molecule has 1 amide bonds. The molecule has 0 aliphatic rings. The highest BCUT2D eigenvalue weighted by Gasteiger charge is 2.26. The molecule has 1 unspecified atom stereocenters. The summed E-state index contributed by atoms with van der Waals surface area (Å²) in [7, 11) is 0. The number of hydrogen-bond donors (Lipinski definition) is 3. The summed E-state index contributed by atoms with van der Waals surface area (Å²) < 4.78 is 0. The number of amidine groups is 1. The van der Waals surface area contributed by atoms with Crippen LogP contribution in [-0.4, -0.2) is 22.5 Å². The van der Waals surface area contributed by atoms with E-state index in [9.17, 15) is 4.79 Å². The van der Waals surface area contributed by atoms with Crippen molar-refractivity contribution in [1.29, 1.82) is 0 Å². The van der Waals surface area contributed by atoms with E-state index in [0.717, 1.165) is 12.8 Å². The Morgan fingerprint density at radius 3 is 2.44 bits per heavy atom. The molecule has 5 nitrogen and oxygen atoms in total. The summed E-state index contributed by atoms with van der Waals surface area (Å²) in [5.41, 5.74) is 5.21. The van der Waals surface area contributed by atoms with Gasteiger partial charge in [0.05, 0.1) is 5.92 Å². The summed E-state index contributed by atoms with van der Waals surface area (Å²) in [4.78, 5) is 11.9. The van der Waals surface area contributed by atoms with Crippen LogP contribution in [0.15, 0.2) is 5.16 Å². The Labute approximate surface area is 97.1 Å². The van der Waals surface area contributed by atoms with E-state index in [2.05, 4.69) is 17.4 Å². The molecule has 0 aliphatic heterocycles. The number of rotatable bonds is 6. The molecular weight excluding hydrogens is 206 g/mol. The molecule has 1 atom stereocenters. The van der Waals surface area contributed by atoms with Crippen LogP contribution in [0, 0.1) is 5.92 Å². The van der Waals surface area contributed by atoms with Gasteiger partial charge in [-0.25, -0.2) is 0 Å². The Morgan fingerprint density at radius 1 is 1.50 bits per heavy atom. The lowest BCUT2D eigenvalue weighted by Gasteiger charge is -2.27. The van der Waals surface area contributed by atoms with Crippen LogP contribution >= 0.6 is 0 Å². The zero-order valence-electron chi connectivity index (χ0n) is 10.6. The third-order valence-electron chi connectivity index (χ3n) is 2.53. The molecule has 0 spiro atoms. The van der Waals surface area contributed by atoms with Gasteiger partial charge in [0.2, 0.25) is 5.91 Å². The number of amides is 1. The van der Waals surface area contributed by atoms with Gasteiger partial charge in [0.1, 0.15) is 0 Å². The van der Waals surface area contributed by atoms with Gasteiger partial charge in [-0.1, -0.05) is 25.4 Å². The molecular formula is C11H23N3O2. The summed E-state index contributed by atoms with van der Waals surface area (Å²) in [6.07, 6.45) is 2.41. The Kier molecular flexibility index (Phi) is 5.85. The van der Waals surface area contributed by atoms with Crippen molar-refractivity contribution in [1.82, 2.24) is 5.32 Å². The van der Waals surface area contributed by atoms with Crippen LogP contribution in [0.3, 0.4) is 0 Å². The predicted molar refractivity (Wildman–Crippen MR) is 64.3 cm³/mol. The molecule has 0 radical (unpaired) electrons. The van der Waals surface area contributed by atoms with Crippen LogP contribution in [0.5, 0.6) is 0 Å². The van der Waals surface area contributed by atoms with Crippen molar-refractivity contribution >= 4 is 11.7 Å². The van der Waals surface area contributed by atoms with E-state index >= 15 is 0 Å². The summed E-state index contributed by atoms with van der Waals surface area (Å²) >= 11 is 0. The molecule has 0 aliphatic carbocycles. The van der Waals surface area contributed by atoms with Crippen LogP contribution in [0.2, 0.25) is 0 Å². The first-order valence-electron chi connectivity index (χ1n) is 5.67. The predicted octanol–water partition coefficient (Wildman–Crippen LogP) is 1.45. The molecule has 0 saturated heterocycles. The first-order chi connectivity index (χ1) is 7.37. The minimum absolute atomic E-state index is 0.0349. The monoisotopic (exact) mass is 229 g/mol. The maximum Gasteiger partial charge on any atom is 0.231 e. The third-order valence-corrected chi connectivity index (χ3v) is 2.53. The van der Waals surface area contributed by atoms with Crippen LogP contribution in [0.1, 0.15) is 47.0 Å². The zero-order valence-corrected chi connectivity index (χ0v) is 10.6. The molecule has 0 aromatic heterocycles. The fourth-order valence-corrected chi connectivity index (χ4v) is 1.71. The van der Waals surface area contributed by atoms with Crippen molar-refractivity contribution in [2.45, 2.75) is 52.5 Å². The summed E-state index contributed by atoms with van der Waals surface area (Å²) in [6, 6.07) is 0. The Hall–Kier alpha value is -1.26. The van der Waals surface area contributed by atoms with Crippen molar-refractivity contribution in [2.24, 2.45) is 16.8 Å². The highest BCUT2D eigenvalue weighted by Crippen LogP contribution is 2.13. The van der Waals surface area contributed by atoms with Crippen molar-refractivity contribution < 1.29 is 10.0 Å². The van der Waals surface area contributed by atoms with Gasteiger partial charge in [0.15, 0.2) is 5.84 Å². The quantitative estimate of drug-likeness (QED) is 0.279. The van der Waals surface area contributed by atoms with Crippen LogP contribution in [0.25, 0.3) is 0 Å². The Morgan fingerprint density at radius 2 is 2.06 bits per heavy atom. The van der Waals surface area contributed by atoms with Crippen LogP contribution in [0.4, 0.5) is 0 Å². The molecule has 94 valence electrons. The van der Waals surface area contributed by atoms with Crippen molar-refractivity contribution in [3.8, 4) is 0 Å². The van der Waals surface area contributed by atoms with Crippen molar-refractivity contribution in [2.75, 3.05) is 0 Å². The Bertz CT molecular complexity index is 262. The van der Waals surface area contributed by atoms with Gasteiger partial charge < -0.3 is 16.3 Å². The summed E-state index contributed by atoms with van der Waals surface area (Å²) in [5, 5.41) is 14.4. The Balaban J connectivity index is 4.55. The summed E-state index contributed by atoms with van der Waals surface area (Å²) in [5.74, 6) is -0.773. The largest absolute Gasteiger partial charge is 0.409 e. The average Bonchev–Trinajstić information content (AvgIpc) is 2.17. The third kappa shape index (κ3) is 4.51. The number of nitrogens with zero attached hydrogens (tertiary/aromatic N) is 1. The fourth-order valence-electron chi connectivity index (χ4n) is 1.71. The van der Waals surface area contributed by atoms with Crippen LogP contribution in [-0.2, 0) is 4.79 Å². The number of oxime groups is 1. The lowest BCUT2D eigenvalue weighted by Crippen LogP contribution is -2.48. The SMILES string of the molecule is CCCC(C)(C)NC(=O)C(CC)C(N)=NO. The zero-order chi connectivity index (χ0) is 12.8. The highest BCUT2D eigenvalue weighted by atomic mass is 16.4. The minimum Gasteiger partial charge on any atom is -0.409 e. The molecule has 16 heavy (non-hydrogen) atoms. The highest BCUT2D eigenvalue weighted by molar-refractivity contribution is 6.02. The van der Waals surface area contributed by atoms with Crippen LogP contribution < -0.4 is 11.1 Å². The van der Waals surface area contributed by atoms with E-state index in [1.54, 1.807) is 0 Å². The summed E-state index contributed by atoms with van der Waals surface area (Å²) in [6.45, 7) is 7.82. The first kappa shape index (κ1) is 14.7. The maximum absolute atomic E-state index is 11.9. The van der Waals surface area contributed by atoms with E-state index in [1.165, 1.54) is 0 Å². The van der Waals surface area contributed by atoms with Gasteiger partial charge in [0, 0.05) is 5.54 Å². The van der Waals surface area contributed by atoms with Gasteiger partial charge in [0.25, 0.3) is 0 Å². The molecule has 5 heteroatoms. The maximum atomic E-state index is 11.9. The second-order valence-corrected chi connectivity index (χ2v) is 4.61. The average molecular weight is 229 g/mol. The lowest BCUT2D eigenvalue weighted by atomic mass is 9.96. The second-order valence-electron chi connectivity index (χ2n) is 4.61. The molecule has 0 bridgehead atoms. The molecule has 0 heterocycles. The standard InChI is InChI=1S/C11H23N3O2/c1-5-7-11(3,4)13-10(15)8(6-2)9(12)14-16/h8,16H,5-7H2,1-4H3,(H2,12,14)(H,13,15). The normalized spacial score (nSPS) is 14.6. The number of carbonyl (C=O) groups excluding carboxylic acids is 1. The van der Waals surface area contributed by atoms with E-state index in [0.29, 0.717) is 6.42 Å². The molecule has 4 N–H and O–H groups in total. The second kappa shape index (κ2) is 6.35. The van der Waals surface area contributed by atoms with Crippen molar-refractivity contribution in [3.63, 3.8) is 0 Å². The number of carbonyl (C=O) groups is 1. The molecule has 0 fully saturated rings. The van der Waals surface area contributed by atoms with Gasteiger partial charge >= 0.3 is 0 Å². The number of hydrogen-bond acceptors (Lipinski definition) is 3. The topological polar surface area (TPSA) is 87.7 Å². The van der Waals surface area contributed by atoms with Gasteiger partial charge in [-0.3, -0.25) is 4.79 Å². The van der Waals surface area contributed by atoms with E-state index in [4.69, 9.17) is 10.9 Å². The van der Waals surface area contributed by atoms with E-state index in [1.807, 2.05) is 20.8 Å². The van der Waals surface area contributed by atoms with Crippen molar-refractivity contribution in [3.05, 3.63) is 0 Å². The molecule has 0 aromatic rings. The fraction of sp³-hybridized carbons (Fsp3) is 0.818. The smallest absolute Gasteiger partial charge is 0.231 e. The minimum atomic E-state index is -0.555. The number of nitrogens with two attached hydrogens (primary N) is 1. The number of nitrogens with one attached hydrogen (secondary N) is 1. The van der Waals surface area contributed by atoms with Gasteiger partial charge in [-0.05, 0) is 26.7 Å². The van der Waals surface area contributed by atoms with E-state index < -0.39 is 5.92 Å². The lowest BCUT2D eigenvalue weighted by molar-refractivity contribution is -0.124. The van der Waals surface area contributed by atoms with E-state index in [-0.39, 0.29) is 17.3 Å². The first-order valence-corrected chi connectivity index (χ1v) is 5.67.